The molecule has 27 heavy (non-hydrogen) atoms. The summed E-state index contributed by atoms with van der Waals surface area (Å²) in [5.41, 5.74) is 2.06. The highest BCUT2D eigenvalue weighted by atomic mass is 16.3. The predicted molar refractivity (Wildman–Crippen MR) is 109 cm³/mol. The number of rotatable bonds is 2. The van der Waals surface area contributed by atoms with E-state index in [9.17, 15) is 5.11 Å². The van der Waals surface area contributed by atoms with Crippen LogP contribution in [0.5, 0.6) is 0 Å². The van der Waals surface area contributed by atoms with Gasteiger partial charge < -0.3 is 10.0 Å². The molecule has 138 valence electrons. The number of hydrogen-bond donors (Lipinski definition) is 1. The fourth-order valence-electron chi connectivity index (χ4n) is 4.95. The first-order valence-electron chi connectivity index (χ1n) is 10.0. The monoisotopic (exact) mass is 359 g/mol. The molecule has 2 fully saturated rings. The third-order valence-corrected chi connectivity index (χ3v) is 6.38. The molecule has 4 nitrogen and oxygen atoms in total. The van der Waals surface area contributed by atoms with Crippen LogP contribution in [0.2, 0.25) is 0 Å². The van der Waals surface area contributed by atoms with Gasteiger partial charge in [-0.05, 0) is 37.8 Å². The molecular formula is C23H25N3O. The highest BCUT2D eigenvalue weighted by molar-refractivity contribution is 5.91. The molecule has 0 radical (unpaired) electrons. The molecule has 1 N–H and O–H groups in total. The third-order valence-electron chi connectivity index (χ3n) is 6.38. The second kappa shape index (κ2) is 6.61. The van der Waals surface area contributed by atoms with E-state index in [2.05, 4.69) is 35.2 Å². The Morgan fingerprint density at radius 1 is 0.926 bits per heavy atom. The Morgan fingerprint density at radius 3 is 2.52 bits per heavy atom. The number of piperidine rings is 1. The number of benzene rings is 2. The minimum atomic E-state index is -0.179. The highest BCUT2D eigenvalue weighted by Gasteiger charge is 2.45. The van der Waals surface area contributed by atoms with Gasteiger partial charge in [-0.3, -0.25) is 0 Å². The maximum absolute atomic E-state index is 10.7. The van der Waals surface area contributed by atoms with Crippen LogP contribution in [-0.2, 0) is 0 Å². The van der Waals surface area contributed by atoms with E-state index in [0.717, 1.165) is 73.3 Å². The largest absolute Gasteiger partial charge is 0.392 e. The van der Waals surface area contributed by atoms with Gasteiger partial charge in [-0.15, -0.1) is 0 Å². The number of para-hydroxylation sites is 1. The maximum atomic E-state index is 10.7. The average Bonchev–Trinajstić information content (AvgIpc) is 3.07. The predicted octanol–water partition coefficient (Wildman–Crippen LogP) is 4.43. The lowest BCUT2D eigenvalue weighted by atomic mass is 9.76. The number of aromatic nitrogens is 2. The van der Waals surface area contributed by atoms with Gasteiger partial charge in [0, 0.05) is 29.5 Å². The zero-order valence-electron chi connectivity index (χ0n) is 15.5. The second-order valence-corrected chi connectivity index (χ2v) is 8.05. The summed E-state index contributed by atoms with van der Waals surface area (Å²) < 4.78 is 0. The Morgan fingerprint density at radius 2 is 1.70 bits per heavy atom. The summed E-state index contributed by atoms with van der Waals surface area (Å²) in [6.45, 7) is 1.88. The summed E-state index contributed by atoms with van der Waals surface area (Å²) in [4.78, 5) is 12.2. The highest BCUT2D eigenvalue weighted by Crippen LogP contribution is 2.46. The molecule has 2 atom stereocenters. The molecule has 0 amide bonds. The van der Waals surface area contributed by atoms with Crippen molar-refractivity contribution in [2.45, 2.75) is 38.2 Å². The van der Waals surface area contributed by atoms with Crippen LogP contribution in [0.15, 0.2) is 54.6 Å². The Bertz CT molecular complexity index is 958. The Hall–Kier alpha value is -2.46. The van der Waals surface area contributed by atoms with Crippen LogP contribution in [0.4, 0.5) is 5.82 Å². The van der Waals surface area contributed by atoms with Gasteiger partial charge in [-0.2, -0.15) is 0 Å². The molecule has 1 saturated carbocycles. The van der Waals surface area contributed by atoms with Crippen LogP contribution in [0.1, 0.15) is 32.1 Å². The zero-order chi connectivity index (χ0) is 18.3. The van der Waals surface area contributed by atoms with Crippen molar-refractivity contribution in [3.8, 4) is 11.4 Å². The molecule has 2 aromatic carbocycles. The number of hydrogen-bond acceptors (Lipinski definition) is 4. The van der Waals surface area contributed by atoms with E-state index in [1.54, 1.807) is 0 Å². The molecule has 5 rings (SSSR count). The summed E-state index contributed by atoms with van der Waals surface area (Å²) in [5, 5.41) is 11.8. The number of nitrogens with zero attached hydrogens (tertiary/aromatic N) is 3. The van der Waals surface area contributed by atoms with Gasteiger partial charge in [0.25, 0.3) is 0 Å². The number of fused-ring (bicyclic) bond motifs is 1. The smallest absolute Gasteiger partial charge is 0.162 e. The first-order chi connectivity index (χ1) is 13.3. The lowest BCUT2D eigenvalue weighted by molar-refractivity contribution is 0.0408. The SMILES string of the molecule is O[C@@H]1CCC[C@@]12CCCN(c1nc(-c3ccccc3)nc3ccccc13)C2. The summed E-state index contributed by atoms with van der Waals surface area (Å²) in [7, 11) is 0. The molecule has 1 aromatic heterocycles. The van der Waals surface area contributed by atoms with Crippen molar-refractivity contribution < 1.29 is 5.11 Å². The van der Waals surface area contributed by atoms with Gasteiger partial charge in [0.15, 0.2) is 5.82 Å². The first kappa shape index (κ1) is 16.7. The molecule has 2 heterocycles. The van der Waals surface area contributed by atoms with Crippen LogP contribution >= 0.6 is 0 Å². The van der Waals surface area contributed by atoms with Crippen LogP contribution < -0.4 is 4.90 Å². The Labute approximate surface area is 159 Å². The minimum Gasteiger partial charge on any atom is -0.392 e. The summed E-state index contributed by atoms with van der Waals surface area (Å²) in [6, 6.07) is 18.5. The Kier molecular flexibility index (Phi) is 4.09. The topological polar surface area (TPSA) is 49.2 Å². The summed E-state index contributed by atoms with van der Waals surface area (Å²) in [6.07, 6.45) is 5.25. The van der Waals surface area contributed by atoms with Gasteiger partial charge in [0.2, 0.25) is 0 Å². The molecule has 0 bridgehead atoms. The minimum absolute atomic E-state index is 0.0389. The summed E-state index contributed by atoms with van der Waals surface area (Å²) >= 11 is 0. The molecule has 1 aliphatic heterocycles. The average molecular weight is 359 g/mol. The maximum Gasteiger partial charge on any atom is 0.162 e. The molecule has 2 aliphatic rings. The molecule has 3 aromatic rings. The fraction of sp³-hybridized carbons (Fsp3) is 0.391. The third kappa shape index (κ3) is 2.88. The van der Waals surface area contributed by atoms with Crippen LogP contribution in [0.25, 0.3) is 22.3 Å². The van der Waals surface area contributed by atoms with Gasteiger partial charge in [0.05, 0.1) is 11.6 Å². The van der Waals surface area contributed by atoms with E-state index in [4.69, 9.17) is 9.97 Å². The van der Waals surface area contributed by atoms with Gasteiger partial charge >= 0.3 is 0 Å². The van der Waals surface area contributed by atoms with Crippen molar-refractivity contribution in [3.05, 3.63) is 54.6 Å². The quantitative estimate of drug-likeness (QED) is 0.735. The van der Waals surface area contributed by atoms with Crippen molar-refractivity contribution >= 4 is 16.7 Å². The van der Waals surface area contributed by atoms with E-state index in [0.29, 0.717) is 0 Å². The van der Waals surface area contributed by atoms with Crippen molar-refractivity contribution in [1.29, 1.82) is 0 Å². The molecule has 1 saturated heterocycles. The number of aliphatic hydroxyl groups is 1. The fourth-order valence-corrected chi connectivity index (χ4v) is 4.95. The van der Waals surface area contributed by atoms with Crippen molar-refractivity contribution in [2.75, 3.05) is 18.0 Å². The lowest BCUT2D eigenvalue weighted by Gasteiger charge is -2.43. The zero-order valence-corrected chi connectivity index (χ0v) is 15.5. The standard InChI is InChI=1S/C23H25N3O/c27-20-12-6-13-23(20)14-7-15-26(16-23)22-18-10-4-5-11-19(18)24-21(25-22)17-8-2-1-3-9-17/h1-5,8-11,20,27H,6-7,12-16H2/t20-,23+/m1/s1. The lowest BCUT2D eigenvalue weighted by Crippen LogP contribution is -2.47. The van der Waals surface area contributed by atoms with Crippen LogP contribution in [0, 0.1) is 5.41 Å². The van der Waals surface area contributed by atoms with Crippen molar-refractivity contribution in [1.82, 2.24) is 9.97 Å². The molecule has 1 aliphatic carbocycles. The van der Waals surface area contributed by atoms with E-state index < -0.39 is 0 Å². The summed E-state index contributed by atoms with van der Waals surface area (Å²) in [5.74, 6) is 1.79. The van der Waals surface area contributed by atoms with Crippen molar-refractivity contribution in [2.24, 2.45) is 5.41 Å². The Balaban J connectivity index is 1.61. The first-order valence-corrected chi connectivity index (χ1v) is 10.0. The van der Waals surface area contributed by atoms with Crippen LogP contribution in [-0.4, -0.2) is 34.3 Å². The van der Waals surface area contributed by atoms with Gasteiger partial charge in [-0.25, -0.2) is 9.97 Å². The number of anilines is 1. The van der Waals surface area contributed by atoms with E-state index in [1.165, 1.54) is 0 Å². The molecular weight excluding hydrogens is 334 g/mol. The van der Waals surface area contributed by atoms with Crippen molar-refractivity contribution in [3.63, 3.8) is 0 Å². The van der Waals surface area contributed by atoms with E-state index in [1.807, 2.05) is 24.3 Å². The van der Waals surface area contributed by atoms with Gasteiger partial charge in [0.1, 0.15) is 5.82 Å². The van der Waals surface area contributed by atoms with Crippen LogP contribution in [0.3, 0.4) is 0 Å². The molecule has 0 unspecified atom stereocenters. The van der Waals surface area contributed by atoms with Gasteiger partial charge in [-0.1, -0.05) is 48.9 Å². The second-order valence-electron chi connectivity index (χ2n) is 8.05. The normalized spacial score (nSPS) is 25.4. The number of aliphatic hydroxyl groups excluding tert-OH is 1. The van der Waals surface area contributed by atoms with E-state index >= 15 is 0 Å². The molecule has 4 heteroatoms. The van der Waals surface area contributed by atoms with E-state index in [-0.39, 0.29) is 11.5 Å². The molecule has 1 spiro atoms.